The van der Waals surface area contributed by atoms with E-state index in [0.29, 0.717) is 16.5 Å². The number of rotatable bonds is 4. The van der Waals surface area contributed by atoms with Crippen LogP contribution in [-0.4, -0.2) is 22.0 Å². The first-order valence-corrected chi connectivity index (χ1v) is 8.12. The van der Waals surface area contributed by atoms with Crippen molar-refractivity contribution < 1.29 is 9.59 Å². The van der Waals surface area contributed by atoms with E-state index in [1.54, 1.807) is 24.3 Å². The van der Waals surface area contributed by atoms with Crippen LogP contribution in [0.4, 0.5) is 0 Å². The van der Waals surface area contributed by atoms with E-state index in [1.807, 2.05) is 31.2 Å². The maximum Gasteiger partial charge on any atom is 0.309 e. The summed E-state index contributed by atoms with van der Waals surface area (Å²) in [4.78, 5) is 35.6. The maximum absolute atomic E-state index is 12.0. The molecule has 0 aliphatic rings. The number of aromatic nitrogens is 2. The topological polar surface area (TPSA) is 104 Å². The number of fused-ring (bicyclic) bond motifs is 1. The molecule has 1 aromatic heterocycles. The summed E-state index contributed by atoms with van der Waals surface area (Å²) in [5, 5.41) is 12.6. The van der Waals surface area contributed by atoms with E-state index in [-0.39, 0.29) is 18.6 Å². The van der Waals surface area contributed by atoms with E-state index in [1.165, 1.54) is 0 Å². The molecule has 0 spiro atoms. The standard InChI is InChI=1S/C19H18N4O3/c1-12-6-8-13(9-7-12)10-20-18(25)19(26)21-11-16-14-4-2-3-5-15(14)17(24)23-22-16/h2-9H,10-11H2,1H3,(H,20,25)(H,21,26)(H,23,24). The summed E-state index contributed by atoms with van der Waals surface area (Å²) < 4.78 is 0. The Morgan fingerprint density at radius 2 is 1.54 bits per heavy atom. The predicted octanol–water partition coefficient (Wildman–Crippen LogP) is 1.16. The molecule has 0 fully saturated rings. The van der Waals surface area contributed by atoms with Gasteiger partial charge in [-0.15, -0.1) is 0 Å². The SMILES string of the molecule is Cc1ccc(CNC(=O)C(=O)NCc2n[nH]c(=O)c3ccccc23)cc1. The van der Waals surface area contributed by atoms with E-state index in [4.69, 9.17) is 0 Å². The van der Waals surface area contributed by atoms with Gasteiger partial charge in [0.1, 0.15) is 0 Å². The minimum absolute atomic E-state index is 0.0358. The number of amides is 2. The fourth-order valence-corrected chi connectivity index (χ4v) is 2.52. The van der Waals surface area contributed by atoms with Gasteiger partial charge in [-0.25, -0.2) is 5.10 Å². The van der Waals surface area contributed by atoms with Gasteiger partial charge in [0.25, 0.3) is 5.56 Å². The Morgan fingerprint density at radius 3 is 2.23 bits per heavy atom. The summed E-state index contributed by atoms with van der Waals surface area (Å²) in [5.41, 5.74) is 2.22. The van der Waals surface area contributed by atoms with Gasteiger partial charge in [-0.2, -0.15) is 5.10 Å². The third-order valence-corrected chi connectivity index (χ3v) is 3.97. The summed E-state index contributed by atoms with van der Waals surface area (Å²) in [5.74, 6) is -1.48. The van der Waals surface area contributed by atoms with Crippen LogP contribution in [0.25, 0.3) is 10.8 Å². The van der Waals surface area contributed by atoms with Crippen LogP contribution in [0.2, 0.25) is 0 Å². The highest BCUT2D eigenvalue weighted by molar-refractivity contribution is 6.35. The minimum Gasteiger partial charge on any atom is -0.344 e. The molecule has 0 saturated heterocycles. The Balaban J connectivity index is 1.60. The largest absolute Gasteiger partial charge is 0.344 e. The van der Waals surface area contributed by atoms with E-state index >= 15 is 0 Å². The summed E-state index contributed by atoms with van der Waals surface area (Å²) in [6, 6.07) is 14.6. The van der Waals surface area contributed by atoms with Crippen molar-refractivity contribution in [3.8, 4) is 0 Å². The van der Waals surface area contributed by atoms with Crippen LogP contribution in [0, 0.1) is 6.92 Å². The molecule has 7 heteroatoms. The Morgan fingerprint density at radius 1 is 0.923 bits per heavy atom. The molecule has 2 amide bonds. The average Bonchev–Trinajstić information content (AvgIpc) is 2.67. The Bertz CT molecular complexity index is 1010. The molecular weight excluding hydrogens is 332 g/mol. The molecule has 0 aliphatic carbocycles. The first-order valence-electron chi connectivity index (χ1n) is 8.12. The maximum atomic E-state index is 12.0. The number of carbonyl (C=O) groups is 2. The number of benzene rings is 2. The number of nitrogens with zero attached hydrogens (tertiary/aromatic N) is 1. The molecule has 2 aromatic carbocycles. The van der Waals surface area contributed by atoms with Gasteiger partial charge in [-0.1, -0.05) is 48.0 Å². The van der Waals surface area contributed by atoms with Crippen LogP contribution >= 0.6 is 0 Å². The number of hydrogen-bond acceptors (Lipinski definition) is 4. The lowest BCUT2D eigenvalue weighted by atomic mass is 10.1. The summed E-state index contributed by atoms with van der Waals surface area (Å²) >= 11 is 0. The summed E-state index contributed by atoms with van der Waals surface area (Å²) in [6.45, 7) is 2.28. The molecular formula is C19H18N4O3. The molecule has 3 N–H and O–H groups in total. The normalized spacial score (nSPS) is 10.5. The van der Waals surface area contributed by atoms with Crippen LogP contribution in [-0.2, 0) is 22.7 Å². The third kappa shape index (κ3) is 3.94. The van der Waals surface area contributed by atoms with E-state index in [2.05, 4.69) is 20.8 Å². The van der Waals surface area contributed by atoms with Crippen molar-refractivity contribution in [2.45, 2.75) is 20.0 Å². The van der Waals surface area contributed by atoms with Crippen molar-refractivity contribution >= 4 is 22.6 Å². The molecule has 0 aliphatic heterocycles. The van der Waals surface area contributed by atoms with Crippen LogP contribution in [0.15, 0.2) is 53.3 Å². The predicted molar refractivity (Wildman–Crippen MR) is 97.2 cm³/mol. The van der Waals surface area contributed by atoms with Gasteiger partial charge in [0.2, 0.25) is 0 Å². The molecule has 7 nitrogen and oxygen atoms in total. The molecule has 3 aromatic rings. The van der Waals surface area contributed by atoms with Gasteiger partial charge in [-0.3, -0.25) is 14.4 Å². The lowest BCUT2D eigenvalue weighted by molar-refractivity contribution is -0.139. The van der Waals surface area contributed by atoms with Gasteiger partial charge in [0, 0.05) is 11.9 Å². The zero-order valence-corrected chi connectivity index (χ0v) is 14.2. The van der Waals surface area contributed by atoms with E-state index in [0.717, 1.165) is 11.1 Å². The number of H-pyrrole nitrogens is 1. The van der Waals surface area contributed by atoms with Crippen molar-refractivity contribution in [1.29, 1.82) is 0 Å². The molecule has 0 unspecified atom stereocenters. The monoisotopic (exact) mass is 350 g/mol. The van der Waals surface area contributed by atoms with Gasteiger partial charge in [-0.05, 0) is 18.6 Å². The van der Waals surface area contributed by atoms with Gasteiger partial charge < -0.3 is 10.6 Å². The molecule has 0 radical (unpaired) electrons. The smallest absolute Gasteiger partial charge is 0.309 e. The lowest BCUT2D eigenvalue weighted by Gasteiger charge is -2.08. The van der Waals surface area contributed by atoms with Crippen LogP contribution in [0.5, 0.6) is 0 Å². The van der Waals surface area contributed by atoms with Crippen molar-refractivity contribution in [2.24, 2.45) is 0 Å². The number of carbonyl (C=O) groups excluding carboxylic acids is 2. The fraction of sp³-hybridized carbons (Fsp3) is 0.158. The highest BCUT2D eigenvalue weighted by atomic mass is 16.2. The first-order chi connectivity index (χ1) is 12.5. The van der Waals surface area contributed by atoms with Crippen LogP contribution < -0.4 is 16.2 Å². The van der Waals surface area contributed by atoms with E-state index in [9.17, 15) is 14.4 Å². The second-order valence-corrected chi connectivity index (χ2v) is 5.90. The zero-order valence-electron chi connectivity index (χ0n) is 14.2. The van der Waals surface area contributed by atoms with Crippen molar-refractivity contribution in [2.75, 3.05) is 0 Å². The van der Waals surface area contributed by atoms with E-state index < -0.39 is 11.8 Å². The lowest BCUT2D eigenvalue weighted by Crippen LogP contribution is -2.39. The van der Waals surface area contributed by atoms with Crippen LogP contribution in [0.3, 0.4) is 0 Å². The second kappa shape index (κ2) is 7.60. The molecule has 132 valence electrons. The van der Waals surface area contributed by atoms with Crippen molar-refractivity contribution in [1.82, 2.24) is 20.8 Å². The Kier molecular flexibility index (Phi) is 5.07. The van der Waals surface area contributed by atoms with Gasteiger partial charge >= 0.3 is 11.8 Å². The quantitative estimate of drug-likeness (QED) is 0.614. The zero-order chi connectivity index (χ0) is 18.5. The first kappa shape index (κ1) is 17.3. The fourth-order valence-electron chi connectivity index (χ4n) is 2.52. The van der Waals surface area contributed by atoms with Crippen LogP contribution in [0.1, 0.15) is 16.8 Å². The molecule has 0 saturated carbocycles. The highest BCUT2D eigenvalue weighted by Gasteiger charge is 2.14. The number of aromatic amines is 1. The molecule has 26 heavy (non-hydrogen) atoms. The van der Waals surface area contributed by atoms with Gasteiger partial charge in [0.15, 0.2) is 0 Å². The van der Waals surface area contributed by atoms with Gasteiger partial charge in [0.05, 0.1) is 17.6 Å². The summed E-state index contributed by atoms with van der Waals surface area (Å²) in [6.07, 6.45) is 0. The van der Waals surface area contributed by atoms with Crippen molar-refractivity contribution in [3.63, 3.8) is 0 Å². The third-order valence-electron chi connectivity index (χ3n) is 3.97. The summed E-state index contributed by atoms with van der Waals surface area (Å²) in [7, 11) is 0. The second-order valence-electron chi connectivity index (χ2n) is 5.90. The number of nitrogens with one attached hydrogen (secondary N) is 3. The molecule has 0 bridgehead atoms. The molecule has 3 rings (SSSR count). The number of aryl methyl sites for hydroxylation is 1. The average molecular weight is 350 g/mol. The minimum atomic E-state index is -0.755. The molecule has 1 heterocycles. The van der Waals surface area contributed by atoms with Crippen molar-refractivity contribution in [3.05, 3.63) is 75.7 Å². The Labute approximate surface area is 149 Å². The number of hydrogen-bond donors (Lipinski definition) is 3. The molecule has 0 atom stereocenters. The Hall–Kier alpha value is -3.48. The highest BCUT2D eigenvalue weighted by Crippen LogP contribution is 2.11.